The van der Waals surface area contributed by atoms with Crippen LogP contribution in [0.4, 0.5) is 4.39 Å². The van der Waals surface area contributed by atoms with Gasteiger partial charge in [0.25, 0.3) is 10.0 Å². The molecule has 0 aliphatic carbocycles. The molecule has 9 heteroatoms. The number of hydrogen-bond acceptors (Lipinski definition) is 5. The highest BCUT2D eigenvalue weighted by molar-refractivity contribution is 7.90. The summed E-state index contributed by atoms with van der Waals surface area (Å²) < 4.78 is 49.5. The van der Waals surface area contributed by atoms with Crippen LogP contribution in [0.15, 0.2) is 51.8 Å². The molecule has 0 fully saturated rings. The minimum absolute atomic E-state index is 0.0868. The molecule has 0 aliphatic rings. The van der Waals surface area contributed by atoms with Gasteiger partial charge in [-0.2, -0.15) is 8.42 Å². The summed E-state index contributed by atoms with van der Waals surface area (Å²) in [6, 6.07) is 9.54. The number of esters is 1. The predicted octanol–water partition coefficient (Wildman–Crippen LogP) is 3.33. The van der Waals surface area contributed by atoms with Crippen LogP contribution in [0.5, 0.6) is 0 Å². The van der Waals surface area contributed by atoms with Crippen LogP contribution < -0.4 is 4.80 Å². The van der Waals surface area contributed by atoms with Gasteiger partial charge < -0.3 is 9.30 Å². The Morgan fingerprint density at radius 1 is 1.19 bits per heavy atom. The van der Waals surface area contributed by atoms with E-state index >= 15 is 0 Å². The Morgan fingerprint density at radius 3 is 2.52 bits per heavy atom. The van der Waals surface area contributed by atoms with Gasteiger partial charge in [0.05, 0.1) is 27.3 Å². The van der Waals surface area contributed by atoms with Crippen LogP contribution in [0.2, 0.25) is 0 Å². The molecule has 1 heterocycles. The number of ether oxygens (including phenoxy) is 1. The molecular formula is C18H17FN2O4S2. The minimum atomic E-state index is -3.99. The lowest BCUT2D eigenvalue weighted by molar-refractivity contribution is 0.0526. The first kappa shape index (κ1) is 19.2. The number of fused-ring (bicyclic) bond motifs is 1. The lowest BCUT2D eigenvalue weighted by Crippen LogP contribution is -2.16. The molecule has 0 bridgehead atoms. The molecule has 0 radical (unpaired) electrons. The largest absolute Gasteiger partial charge is 0.462 e. The predicted molar refractivity (Wildman–Crippen MR) is 101 cm³/mol. The van der Waals surface area contributed by atoms with Gasteiger partial charge in [-0.25, -0.2) is 9.18 Å². The Balaban J connectivity index is 2.14. The number of carbonyl (C=O) groups excluding carboxylic acids is 1. The number of nitrogens with zero attached hydrogens (tertiary/aromatic N) is 2. The number of aromatic nitrogens is 1. The minimum Gasteiger partial charge on any atom is -0.462 e. The molecule has 1 aromatic heterocycles. The zero-order valence-electron chi connectivity index (χ0n) is 14.7. The molecule has 0 amide bonds. The maximum absolute atomic E-state index is 13.1. The van der Waals surface area contributed by atoms with Gasteiger partial charge in [-0.1, -0.05) is 11.3 Å². The molecule has 0 N–H and O–H groups in total. The first-order valence-electron chi connectivity index (χ1n) is 8.22. The topological polar surface area (TPSA) is 77.7 Å². The van der Waals surface area contributed by atoms with Crippen molar-refractivity contribution in [3.63, 3.8) is 0 Å². The number of hydrogen-bond donors (Lipinski definition) is 0. The molecule has 27 heavy (non-hydrogen) atoms. The number of sulfonamides is 1. The van der Waals surface area contributed by atoms with Crippen LogP contribution >= 0.6 is 11.3 Å². The molecular weight excluding hydrogens is 391 g/mol. The lowest BCUT2D eigenvalue weighted by Gasteiger charge is -2.03. The van der Waals surface area contributed by atoms with Gasteiger partial charge in [0.1, 0.15) is 5.82 Å². The van der Waals surface area contributed by atoms with Gasteiger partial charge >= 0.3 is 5.97 Å². The Bertz CT molecular complexity index is 1160. The van der Waals surface area contributed by atoms with Crippen LogP contribution in [0.1, 0.15) is 24.2 Å². The SMILES string of the molecule is CCOC(=O)c1ccc2c(c1)sc(=NS(=O)(=O)c1ccc(F)cc1)n2CC. The molecule has 2 aromatic carbocycles. The number of thiazole rings is 1. The maximum atomic E-state index is 13.1. The quantitative estimate of drug-likeness (QED) is 0.607. The Labute approximate surface area is 159 Å². The van der Waals surface area contributed by atoms with E-state index in [1.165, 1.54) is 12.1 Å². The molecule has 142 valence electrons. The second-order valence-electron chi connectivity index (χ2n) is 5.55. The number of carbonyl (C=O) groups is 1. The zero-order valence-corrected chi connectivity index (χ0v) is 16.3. The van der Waals surface area contributed by atoms with Crippen LogP contribution in [0, 0.1) is 5.82 Å². The van der Waals surface area contributed by atoms with E-state index in [1.54, 1.807) is 29.7 Å². The van der Waals surface area contributed by atoms with E-state index in [0.29, 0.717) is 12.1 Å². The van der Waals surface area contributed by atoms with Crippen LogP contribution in [0.3, 0.4) is 0 Å². The van der Waals surface area contributed by atoms with E-state index in [2.05, 4.69) is 4.40 Å². The fraction of sp³-hybridized carbons (Fsp3) is 0.222. The van der Waals surface area contributed by atoms with Gasteiger partial charge in [0.15, 0.2) is 0 Å². The van der Waals surface area contributed by atoms with Crippen molar-refractivity contribution in [3.05, 3.63) is 58.6 Å². The second-order valence-corrected chi connectivity index (χ2v) is 8.17. The van der Waals surface area contributed by atoms with Crippen LogP contribution in [0.25, 0.3) is 10.2 Å². The van der Waals surface area contributed by atoms with Crippen LogP contribution in [-0.2, 0) is 21.3 Å². The zero-order chi connectivity index (χ0) is 19.6. The monoisotopic (exact) mass is 408 g/mol. The van der Waals surface area contributed by atoms with Gasteiger partial charge in [-0.3, -0.25) is 0 Å². The van der Waals surface area contributed by atoms with Gasteiger partial charge in [0, 0.05) is 6.54 Å². The van der Waals surface area contributed by atoms with E-state index in [4.69, 9.17) is 4.74 Å². The first-order valence-corrected chi connectivity index (χ1v) is 10.5. The number of rotatable bonds is 5. The average molecular weight is 408 g/mol. The third-order valence-corrected chi connectivity index (χ3v) is 6.26. The summed E-state index contributed by atoms with van der Waals surface area (Å²) in [5.74, 6) is -0.959. The van der Waals surface area contributed by atoms with Crippen LogP contribution in [-0.4, -0.2) is 25.6 Å². The lowest BCUT2D eigenvalue weighted by atomic mass is 10.2. The van der Waals surface area contributed by atoms with E-state index in [9.17, 15) is 17.6 Å². The normalized spacial score (nSPS) is 12.5. The summed E-state index contributed by atoms with van der Waals surface area (Å²) in [5, 5.41) is 0. The fourth-order valence-corrected chi connectivity index (χ4v) is 4.89. The summed E-state index contributed by atoms with van der Waals surface area (Å²) in [6.07, 6.45) is 0. The van der Waals surface area contributed by atoms with Crippen molar-refractivity contribution in [2.24, 2.45) is 4.40 Å². The highest BCUT2D eigenvalue weighted by Crippen LogP contribution is 2.21. The summed E-state index contributed by atoms with van der Waals surface area (Å²) in [7, 11) is -3.99. The molecule has 0 saturated heterocycles. The van der Waals surface area contributed by atoms with E-state index in [1.807, 2.05) is 6.92 Å². The summed E-state index contributed by atoms with van der Waals surface area (Å²) >= 11 is 1.16. The van der Waals surface area contributed by atoms with Crippen molar-refractivity contribution in [3.8, 4) is 0 Å². The first-order chi connectivity index (χ1) is 12.9. The van der Waals surface area contributed by atoms with E-state index in [-0.39, 0.29) is 16.3 Å². The summed E-state index contributed by atoms with van der Waals surface area (Å²) in [4.78, 5) is 12.1. The second kappa shape index (κ2) is 7.61. The van der Waals surface area contributed by atoms with Crippen molar-refractivity contribution >= 4 is 37.5 Å². The molecule has 0 saturated carbocycles. The number of benzene rings is 2. The third-order valence-electron chi connectivity index (χ3n) is 3.82. The molecule has 0 unspecified atom stereocenters. The highest BCUT2D eigenvalue weighted by Gasteiger charge is 2.16. The van der Waals surface area contributed by atoms with Gasteiger partial charge in [0.2, 0.25) is 4.80 Å². The van der Waals surface area contributed by atoms with Crippen molar-refractivity contribution in [1.82, 2.24) is 4.57 Å². The van der Waals surface area contributed by atoms with E-state index < -0.39 is 21.8 Å². The number of aryl methyl sites for hydroxylation is 1. The highest BCUT2D eigenvalue weighted by atomic mass is 32.2. The van der Waals surface area contributed by atoms with Crippen molar-refractivity contribution in [2.75, 3.05) is 6.61 Å². The summed E-state index contributed by atoms with van der Waals surface area (Å²) in [5.41, 5.74) is 1.16. The molecule has 0 spiro atoms. The van der Waals surface area contributed by atoms with Gasteiger partial charge in [-0.05, 0) is 56.3 Å². The van der Waals surface area contributed by atoms with Crippen molar-refractivity contribution in [1.29, 1.82) is 0 Å². The molecule has 3 aromatic rings. The average Bonchev–Trinajstić information content (AvgIpc) is 2.97. The molecule has 3 rings (SSSR count). The van der Waals surface area contributed by atoms with Gasteiger partial charge in [-0.15, -0.1) is 4.40 Å². The Morgan fingerprint density at radius 2 is 1.89 bits per heavy atom. The Hall–Kier alpha value is -2.52. The fourth-order valence-electron chi connectivity index (χ4n) is 2.55. The smallest absolute Gasteiger partial charge is 0.338 e. The molecule has 0 aliphatic heterocycles. The van der Waals surface area contributed by atoms with Crippen molar-refractivity contribution < 1.29 is 22.3 Å². The Kier molecular flexibility index (Phi) is 5.43. The van der Waals surface area contributed by atoms with E-state index in [0.717, 1.165) is 33.7 Å². The molecule has 6 nitrogen and oxygen atoms in total. The molecule has 0 atom stereocenters. The maximum Gasteiger partial charge on any atom is 0.338 e. The standard InChI is InChI=1S/C18H17FN2O4S2/c1-3-21-15-10-5-12(17(22)25-4-2)11-16(15)26-18(21)20-27(23,24)14-8-6-13(19)7-9-14/h5-11H,3-4H2,1-2H3. The number of halogens is 1. The summed E-state index contributed by atoms with van der Waals surface area (Å²) in [6.45, 7) is 4.36. The van der Waals surface area contributed by atoms with Crippen molar-refractivity contribution in [2.45, 2.75) is 25.3 Å². The third kappa shape index (κ3) is 3.93.